The minimum Gasteiger partial charge on any atom is -0.495 e. The van der Waals surface area contributed by atoms with Crippen molar-refractivity contribution in [1.82, 2.24) is 9.61 Å². The summed E-state index contributed by atoms with van der Waals surface area (Å²) >= 11 is 0. The zero-order valence-electron chi connectivity index (χ0n) is 6.69. The van der Waals surface area contributed by atoms with E-state index in [4.69, 9.17) is 10.5 Å². The Hall–Kier alpha value is -1.71. The molecule has 0 aliphatic rings. The van der Waals surface area contributed by atoms with Gasteiger partial charge in [-0.15, -0.1) is 0 Å². The van der Waals surface area contributed by atoms with Crippen molar-refractivity contribution in [3.8, 4) is 5.75 Å². The molecule has 0 radical (unpaired) electrons. The molecule has 4 heteroatoms. The van der Waals surface area contributed by atoms with Crippen molar-refractivity contribution in [2.75, 3.05) is 12.8 Å². The summed E-state index contributed by atoms with van der Waals surface area (Å²) in [6, 6.07) is 3.73. The van der Waals surface area contributed by atoms with Crippen LogP contribution < -0.4 is 10.5 Å². The first-order chi connectivity index (χ1) is 5.81. The van der Waals surface area contributed by atoms with Crippen LogP contribution in [0.3, 0.4) is 0 Å². The number of fused-ring (bicyclic) bond motifs is 1. The molecule has 0 unspecified atom stereocenters. The van der Waals surface area contributed by atoms with Crippen molar-refractivity contribution in [1.29, 1.82) is 0 Å². The predicted octanol–water partition coefficient (Wildman–Crippen LogP) is 0.925. The van der Waals surface area contributed by atoms with Gasteiger partial charge in [-0.2, -0.15) is 5.10 Å². The number of rotatable bonds is 1. The molecule has 0 aliphatic carbocycles. The zero-order chi connectivity index (χ0) is 8.55. The van der Waals surface area contributed by atoms with Gasteiger partial charge in [0.05, 0.1) is 30.7 Å². The van der Waals surface area contributed by atoms with Crippen molar-refractivity contribution in [3.05, 3.63) is 24.5 Å². The number of pyridine rings is 1. The Morgan fingerprint density at radius 2 is 2.33 bits per heavy atom. The van der Waals surface area contributed by atoms with Crippen LogP contribution in [0.15, 0.2) is 24.5 Å². The molecule has 0 atom stereocenters. The van der Waals surface area contributed by atoms with E-state index in [-0.39, 0.29) is 0 Å². The monoisotopic (exact) mass is 163 g/mol. The highest BCUT2D eigenvalue weighted by atomic mass is 16.5. The van der Waals surface area contributed by atoms with Gasteiger partial charge in [0.1, 0.15) is 5.75 Å². The van der Waals surface area contributed by atoms with Crippen LogP contribution in [0.4, 0.5) is 5.69 Å². The van der Waals surface area contributed by atoms with E-state index in [0.717, 1.165) is 11.3 Å². The molecule has 0 saturated heterocycles. The first-order valence-electron chi connectivity index (χ1n) is 3.58. The summed E-state index contributed by atoms with van der Waals surface area (Å²) in [5.74, 6) is 0.769. The van der Waals surface area contributed by atoms with Gasteiger partial charge in [0.2, 0.25) is 0 Å². The molecule has 2 aromatic heterocycles. The normalized spacial score (nSPS) is 10.4. The molecular formula is C8H9N3O. The number of nitrogen functional groups attached to an aromatic ring is 1. The number of hydrogen-bond donors (Lipinski definition) is 1. The second kappa shape index (κ2) is 2.41. The number of methoxy groups -OCH3 is 1. The lowest BCUT2D eigenvalue weighted by Gasteiger charge is -1.99. The van der Waals surface area contributed by atoms with Crippen molar-refractivity contribution < 1.29 is 4.74 Å². The number of anilines is 1. The molecule has 12 heavy (non-hydrogen) atoms. The molecular weight excluding hydrogens is 154 g/mol. The summed E-state index contributed by atoms with van der Waals surface area (Å²) in [6.45, 7) is 0. The fraction of sp³-hybridized carbons (Fsp3) is 0.125. The lowest BCUT2D eigenvalue weighted by molar-refractivity contribution is 0.411. The summed E-state index contributed by atoms with van der Waals surface area (Å²) in [4.78, 5) is 0. The molecule has 0 saturated carbocycles. The average Bonchev–Trinajstić information content (AvgIpc) is 2.47. The Balaban J connectivity index is 2.69. The quantitative estimate of drug-likeness (QED) is 0.680. The second-order valence-corrected chi connectivity index (χ2v) is 2.50. The summed E-state index contributed by atoms with van der Waals surface area (Å²) in [5.41, 5.74) is 7.22. The van der Waals surface area contributed by atoms with E-state index < -0.39 is 0 Å². The zero-order valence-corrected chi connectivity index (χ0v) is 6.69. The molecule has 0 aromatic carbocycles. The van der Waals surface area contributed by atoms with Crippen LogP contribution in [0.1, 0.15) is 0 Å². The van der Waals surface area contributed by atoms with Crippen molar-refractivity contribution in [2.24, 2.45) is 0 Å². The first kappa shape index (κ1) is 6.97. The van der Waals surface area contributed by atoms with Crippen LogP contribution in [0.5, 0.6) is 5.75 Å². The summed E-state index contributed by atoms with van der Waals surface area (Å²) in [5, 5.41) is 4.04. The van der Waals surface area contributed by atoms with Crippen LogP contribution in [-0.4, -0.2) is 16.7 Å². The topological polar surface area (TPSA) is 52.5 Å². The molecule has 0 bridgehead atoms. The number of nitrogens with two attached hydrogens (primary N) is 1. The summed E-state index contributed by atoms with van der Waals surface area (Å²) < 4.78 is 6.72. The number of ether oxygens (including phenoxy) is 1. The average molecular weight is 163 g/mol. The molecule has 0 amide bonds. The van der Waals surface area contributed by atoms with Crippen LogP contribution in [0.25, 0.3) is 5.52 Å². The molecule has 2 heterocycles. The van der Waals surface area contributed by atoms with Crippen molar-refractivity contribution in [2.45, 2.75) is 0 Å². The van der Waals surface area contributed by atoms with E-state index in [0.29, 0.717) is 5.69 Å². The Morgan fingerprint density at radius 1 is 1.50 bits per heavy atom. The predicted molar refractivity (Wildman–Crippen MR) is 46.2 cm³/mol. The molecule has 0 spiro atoms. The molecule has 2 rings (SSSR count). The van der Waals surface area contributed by atoms with E-state index in [1.165, 1.54) is 0 Å². The molecule has 4 nitrogen and oxygen atoms in total. The van der Waals surface area contributed by atoms with Crippen molar-refractivity contribution >= 4 is 11.2 Å². The Morgan fingerprint density at radius 3 is 3.08 bits per heavy atom. The van der Waals surface area contributed by atoms with Crippen LogP contribution in [-0.2, 0) is 0 Å². The van der Waals surface area contributed by atoms with Gasteiger partial charge >= 0.3 is 0 Å². The maximum atomic E-state index is 5.64. The number of aromatic nitrogens is 2. The minimum atomic E-state index is 0.678. The van der Waals surface area contributed by atoms with Gasteiger partial charge in [-0.05, 0) is 12.1 Å². The molecule has 0 aliphatic heterocycles. The Bertz CT molecular complexity index is 408. The van der Waals surface area contributed by atoms with Gasteiger partial charge < -0.3 is 10.5 Å². The second-order valence-electron chi connectivity index (χ2n) is 2.50. The fourth-order valence-electron chi connectivity index (χ4n) is 1.11. The van der Waals surface area contributed by atoms with Crippen LogP contribution in [0, 0.1) is 0 Å². The largest absolute Gasteiger partial charge is 0.495 e. The highest BCUT2D eigenvalue weighted by Crippen LogP contribution is 2.16. The van der Waals surface area contributed by atoms with Crippen LogP contribution >= 0.6 is 0 Å². The standard InChI is InChI=1S/C8H9N3O/c1-12-6-2-3-8-7(9)4-10-11(8)5-6/h2-5H,9H2,1H3. The first-order valence-corrected chi connectivity index (χ1v) is 3.58. The third-order valence-corrected chi connectivity index (χ3v) is 1.75. The molecule has 2 N–H and O–H groups in total. The van der Waals surface area contributed by atoms with Gasteiger partial charge in [-0.25, -0.2) is 4.52 Å². The Labute approximate surface area is 69.6 Å². The summed E-state index contributed by atoms with van der Waals surface area (Å²) in [7, 11) is 1.62. The van der Waals surface area contributed by atoms with Gasteiger partial charge in [0.15, 0.2) is 0 Å². The fourth-order valence-corrected chi connectivity index (χ4v) is 1.11. The lowest BCUT2D eigenvalue weighted by Crippen LogP contribution is -1.90. The maximum absolute atomic E-state index is 5.64. The highest BCUT2D eigenvalue weighted by molar-refractivity contribution is 5.68. The minimum absolute atomic E-state index is 0.678. The van der Waals surface area contributed by atoms with E-state index in [9.17, 15) is 0 Å². The highest BCUT2D eigenvalue weighted by Gasteiger charge is 1.99. The Kier molecular flexibility index (Phi) is 1.40. The van der Waals surface area contributed by atoms with E-state index in [1.807, 2.05) is 12.1 Å². The number of hydrogen-bond acceptors (Lipinski definition) is 3. The SMILES string of the molecule is COc1ccc2c(N)cnn2c1. The number of nitrogens with zero attached hydrogens (tertiary/aromatic N) is 2. The summed E-state index contributed by atoms with van der Waals surface area (Å²) in [6.07, 6.45) is 3.40. The molecule has 0 fully saturated rings. The van der Waals surface area contributed by atoms with E-state index >= 15 is 0 Å². The lowest BCUT2D eigenvalue weighted by atomic mass is 10.3. The van der Waals surface area contributed by atoms with Crippen LogP contribution in [0.2, 0.25) is 0 Å². The third-order valence-electron chi connectivity index (χ3n) is 1.75. The molecule has 62 valence electrons. The van der Waals surface area contributed by atoms with E-state index in [2.05, 4.69) is 5.10 Å². The van der Waals surface area contributed by atoms with Gasteiger partial charge in [-0.3, -0.25) is 0 Å². The maximum Gasteiger partial charge on any atom is 0.137 e. The molecule has 2 aromatic rings. The van der Waals surface area contributed by atoms with Gasteiger partial charge in [0.25, 0.3) is 0 Å². The van der Waals surface area contributed by atoms with E-state index in [1.54, 1.807) is 24.0 Å². The smallest absolute Gasteiger partial charge is 0.137 e. The third kappa shape index (κ3) is 0.887. The van der Waals surface area contributed by atoms with Gasteiger partial charge in [0, 0.05) is 0 Å². The van der Waals surface area contributed by atoms with Crippen molar-refractivity contribution in [3.63, 3.8) is 0 Å². The van der Waals surface area contributed by atoms with Gasteiger partial charge in [-0.1, -0.05) is 0 Å².